The normalized spacial score (nSPS) is 12.1. The number of aromatic nitrogens is 2. The molecule has 0 saturated carbocycles. The molecule has 0 saturated heterocycles. The zero-order valence-corrected chi connectivity index (χ0v) is 22.8. The quantitative estimate of drug-likeness (QED) is 0.245. The fourth-order valence-corrected chi connectivity index (χ4v) is 5.29. The Morgan fingerprint density at radius 1 is 1.26 bits per heavy atom. The monoisotopic (exact) mass is 572 g/mol. The second-order valence-electron chi connectivity index (χ2n) is 8.71. The Hall–Kier alpha value is -3.53. The van der Waals surface area contributed by atoms with Gasteiger partial charge < -0.3 is 10.3 Å². The zero-order valence-electron chi connectivity index (χ0n) is 20.5. The van der Waals surface area contributed by atoms with Crippen LogP contribution in [0.15, 0.2) is 63.7 Å². The summed E-state index contributed by atoms with van der Waals surface area (Å²) in [5.74, 6) is -0.888. The van der Waals surface area contributed by atoms with Gasteiger partial charge >= 0.3 is 0 Å². The van der Waals surface area contributed by atoms with Gasteiger partial charge in [-0.15, -0.1) is 0 Å². The maximum absolute atomic E-state index is 14.5. The number of carbonyl (C=O) groups is 1. The summed E-state index contributed by atoms with van der Waals surface area (Å²) in [6, 6.07) is 9.33. The maximum Gasteiger partial charge on any atom is 0.251 e. The van der Waals surface area contributed by atoms with Gasteiger partial charge in [0.05, 0.1) is 15.6 Å². The summed E-state index contributed by atoms with van der Waals surface area (Å²) in [6.07, 6.45) is 5.99. The number of allylic oxidation sites excluding steroid dienone is 1. The predicted octanol–water partition coefficient (Wildman–Crippen LogP) is 6.21. The number of amides is 1. The summed E-state index contributed by atoms with van der Waals surface area (Å²) >= 11 is 12.2. The Morgan fingerprint density at radius 2 is 2.03 bits per heavy atom. The molecule has 38 heavy (non-hydrogen) atoms. The molecule has 2 heterocycles. The minimum atomic E-state index is -3.62. The number of benzene rings is 2. The number of nitrogens with one attached hydrogen (secondary N) is 2. The first kappa shape index (κ1) is 27.5. The van der Waals surface area contributed by atoms with E-state index in [1.165, 1.54) is 18.3 Å². The van der Waals surface area contributed by atoms with Crippen LogP contribution in [0.4, 0.5) is 10.1 Å². The smallest absolute Gasteiger partial charge is 0.251 e. The molecule has 0 aliphatic carbocycles. The van der Waals surface area contributed by atoms with Crippen molar-refractivity contribution < 1.29 is 17.6 Å². The first-order valence-electron chi connectivity index (χ1n) is 11.3. The highest BCUT2D eigenvalue weighted by molar-refractivity contribution is 7.90. The predicted molar refractivity (Wildman–Crippen MR) is 150 cm³/mol. The van der Waals surface area contributed by atoms with E-state index in [0.29, 0.717) is 48.9 Å². The van der Waals surface area contributed by atoms with Gasteiger partial charge in [-0.05, 0) is 61.7 Å². The molecule has 196 valence electrons. The van der Waals surface area contributed by atoms with E-state index < -0.39 is 21.6 Å². The number of hydrogen-bond donors (Lipinski definition) is 2. The van der Waals surface area contributed by atoms with Crippen molar-refractivity contribution in [2.24, 2.45) is 4.99 Å². The molecule has 0 aliphatic heterocycles. The third-order valence-corrected chi connectivity index (χ3v) is 7.31. The molecule has 0 atom stereocenters. The van der Waals surface area contributed by atoms with Gasteiger partial charge in [-0.2, -0.15) is 0 Å². The van der Waals surface area contributed by atoms with Gasteiger partial charge in [0.2, 0.25) is 0 Å². The number of aromatic amines is 1. The zero-order chi connectivity index (χ0) is 27.6. The number of rotatable bonds is 8. The van der Waals surface area contributed by atoms with Crippen LogP contribution in [0.25, 0.3) is 17.0 Å². The first-order chi connectivity index (χ1) is 18.0. The van der Waals surface area contributed by atoms with Crippen LogP contribution in [0.5, 0.6) is 0 Å². The molecule has 0 aliphatic rings. The summed E-state index contributed by atoms with van der Waals surface area (Å²) in [5, 5.41) is 4.28. The van der Waals surface area contributed by atoms with Crippen LogP contribution in [0, 0.1) is 5.82 Å². The average molecular weight is 573 g/mol. The Balaban J connectivity index is 1.58. The lowest BCUT2D eigenvalue weighted by molar-refractivity contribution is 0.0950. The third-order valence-electron chi connectivity index (χ3n) is 5.78. The Kier molecular flexibility index (Phi) is 8.01. The number of halogens is 3. The molecule has 0 bridgehead atoms. The van der Waals surface area contributed by atoms with Gasteiger partial charge in [-0.1, -0.05) is 23.2 Å². The van der Waals surface area contributed by atoms with Crippen LogP contribution in [0.3, 0.4) is 0 Å². The number of nitrogens with zero attached hydrogens (tertiary/aromatic N) is 2. The maximum atomic E-state index is 14.5. The number of carbonyl (C=O) groups excluding carboxylic acids is 1. The molecular formula is C27H23Cl2FN4O3S. The summed E-state index contributed by atoms with van der Waals surface area (Å²) in [7, 11) is -3.62. The minimum Gasteiger partial charge on any atom is -0.360 e. The first-order valence-corrected chi connectivity index (χ1v) is 14.0. The van der Waals surface area contributed by atoms with Crippen LogP contribution in [0.1, 0.15) is 39.7 Å². The molecular weight excluding hydrogens is 550 g/mol. The average Bonchev–Trinajstić information content (AvgIpc) is 3.20. The molecule has 2 N–H and O–H groups in total. The van der Waals surface area contributed by atoms with Crippen molar-refractivity contribution in [3.05, 3.63) is 92.6 Å². The van der Waals surface area contributed by atoms with Crippen molar-refractivity contribution >= 4 is 68.3 Å². The lowest BCUT2D eigenvalue weighted by Crippen LogP contribution is -2.23. The van der Waals surface area contributed by atoms with E-state index in [0.717, 1.165) is 6.26 Å². The molecule has 4 aromatic rings. The number of H-pyrrole nitrogens is 1. The molecule has 4 rings (SSSR count). The van der Waals surface area contributed by atoms with Gasteiger partial charge in [0.25, 0.3) is 5.91 Å². The van der Waals surface area contributed by atoms with Gasteiger partial charge in [0.1, 0.15) is 5.82 Å². The van der Waals surface area contributed by atoms with Crippen molar-refractivity contribution in [2.75, 3.05) is 6.26 Å². The van der Waals surface area contributed by atoms with Gasteiger partial charge in [-0.3, -0.25) is 14.8 Å². The fourth-order valence-electron chi connectivity index (χ4n) is 4.06. The van der Waals surface area contributed by atoms with E-state index in [1.807, 2.05) is 0 Å². The number of fused-ring (bicyclic) bond motifs is 1. The van der Waals surface area contributed by atoms with Crippen molar-refractivity contribution in [2.45, 2.75) is 24.8 Å². The van der Waals surface area contributed by atoms with E-state index in [4.69, 9.17) is 23.2 Å². The summed E-state index contributed by atoms with van der Waals surface area (Å²) < 4.78 is 39.4. The van der Waals surface area contributed by atoms with Crippen molar-refractivity contribution in [3.8, 4) is 0 Å². The molecule has 0 spiro atoms. The van der Waals surface area contributed by atoms with Crippen molar-refractivity contribution in [3.63, 3.8) is 0 Å². The highest BCUT2D eigenvalue weighted by atomic mass is 35.5. The lowest BCUT2D eigenvalue weighted by Gasteiger charge is -2.12. The van der Waals surface area contributed by atoms with E-state index in [2.05, 4.69) is 27.0 Å². The molecule has 1 amide bonds. The Bertz CT molecular complexity index is 1710. The number of pyridine rings is 1. The van der Waals surface area contributed by atoms with E-state index in [-0.39, 0.29) is 23.5 Å². The number of sulfone groups is 1. The summed E-state index contributed by atoms with van der Waals surface area (Å²) in [6.45, 7) is 5.13. The largest absolute Gasteiger partial charge is 0.360 e. The molecule has 0 fully saturated rings. The van der Waals surface area contributed by atoms with Gasteiger partial charge in [0.15, 0.2) is 9.84 Å². The molecule has 2 aromatic heterocycles. The second kappa shape index (κ2) is 11.1. The fraction of sp³-hybridized carbons (Fsp3) is 0.148. The van der Waals surface area contributed by atoms with E-state index >= 15 is 0 Å². The topological polar surface area (TPSA) is 104 Å². The van der Waals surface area contributed by atoms with Gasteiger partial charge in [-0.25, -0.2) is 12.8 Å². The van der Waals surface area contributed by atoms with Crippen LogP contribution in [-0.4, -0.2) is 37.3 Å². The molecule has 11 heteroatoms. The standard InChI is InChI=1S/C27H23Cl2FN4O3S/c1-15(28)6-18-7-16(9-25(26(18)31-2)38(3,36)37)8-20-10-17(4-5-32-20)27(35)34-13-19-11-21-22(29)14-33-24(21)12-23(19)30/h4-7,9-12,14,33H,2,8,13H2,1,3H3,(H,34,35)/b15-6+. The second-order valence-corrected chi connectivity index (χ2v) is 11.7. The van der Waals surface area contributed by atoms with E-state index in [9.17, 15) is 17.6 Å². The highest BCUT2D eigenvalue weighted by Crippen LogP contribution is 2.33. The SMILES string of the molecule is C=Nc1c(/C=C(\C)Cl)cc(Cc2cc(C(=O)NCc3cc4c(Cl)c[nH]c4cc3F)ccn2)cc1S(C)(=O)=O. The minimum absolute atomic E-state index is 0.0181. The third kappa shape index (κ3) is 6.12. The van der Waals surface area contributed by atoms with E-state index in [1.54, 1.807) is 43.5 Å². The Labute approximate surface area is 229 Å². The molecule has 7 nitrogen and oxygen atoms in total. The number of aliphatic imine (C=N–C) groups is 1. The van der Waals surface area contributed by atoms with Crippen LogP contribution in [-0.2, 0) is 22.8 Å². The lowest BCUT2D eigenvalue weighted by atomic mass is 10.0. The molecule has 0 unspecified atom stereocenters. The van der Waals surface area contributed by atoms with Crippen molar-refractivity contribution in [1.29, 1.82) is 0 Å². The number of hydrogen-bond acceptors (Lipinski definition) is 5. The van der Waals surface area contributed by atoms with Gasteiger partial charge in [0, 0.05) is 69.9 Å². The summed E-state index contributed by atoms with van der Waals surface area (Å²) in [5.41, 5.74) is 3.05. The van der Waals surface area contributed by atoms with Crippen LogP contribution in [0.2, 0.25) is 5.02 Å². The van der Waals surface area contributed by atoms with Crippen LogP contribution >= 0.6 is 23.2 Å². The molecule has 2 aromatic carbocycles. The van der Waals surface area contributed by atoms with Crippen molar-refractivity contribution in [1.82, 2.24) is 15.3 Å². The van der Waals surface area contributed by atoms with Crippen LogP contribution < -0.4 is 5.32 Å². The molecule has 0 radical (unpaired) electrons. The Morgan fingerprint density at radius 3 is 2.71 bits per heavy atom. The highest BCUT2D eigenvalue weighted by Gasteiger charge is 2.18. The summed E-state index contributed by atoms with van der Waals surface area (Å²) in [4.78, 5) is 24.0.